The Morgan fingerprint density at radius 2 is 2.00 bits per heavy atom. The summed E-state index contributed by atoms with van der Waals surface area (Å²) in [5.74, 6) is 0.285. The molecule has 0 aromatic heterocycles. The van der Waals surface area contributed by atoms with Crippen LogP contribution in [0.4, 0.5) is 0 Å². The van der Waals surface area contributed by atoms with Crippen LogP contribution in [0, 0.1) is 6.92 Å². The highest BCUT2D eigenvalue weighted by Crippen LogP contribution is 2.21. The lowest BCUT2D eigenvalue weighted by atomic mass is 10.1. The SMILES string of the molecule is Cc1cccc(CCNCc2cc(Cl)ccc2O)c1. The van der Waals surface area contributed by atoms with E-state index in [-0.39, 0.29) is 5.75 Å². The van der Waals surface area contributed by atoms with E-state index >= 15 is 0 Å². The lowest BCUT2D eigenvalue weighted by Gasteiger charge is -2.08. The van der Waals surface area contributed by atoms with Crippen molar-refractivity contribution < 1.29 is 5.11 Å². The molecule has 100 valence electrons. The molecule has 2 rings (SSSR count). The molecule has 2 N–H and O–H groups in total. The Balaban J connectivity index is 1.82. The van der Waals surface area contributed by atoms with E-state index in [1.54, 1.807) is 18.2 Å². The molecule has 0 fully saturated rings. The second-order valence-corrected chi connectivity index (χ2v) is 5.13. The van der Waals surface area contributed by atoms with Gasteiger partial charge in [-0.25, -0.2) is 0 Å². The third-order valence-corrected chi connectivity index (χ3v) is 3.27. The van der Waals surface area contributed by atoms with E-state index in [1.165, 1.54) is 11.1 Å². The fourth-order valence-electron chi connectivity index (χ4n) is 2.02. The van der Waals surface area contributed by atoms with Crippen LogP contribution in [0.1, 0.15) is 16.7 Å². The van der Waals surface area contributed by atoms with E-state index in [0.29, 0.717) is 11.6 Å². The Bertz CT molecular complexity index is 554. The average Bonchev–Trinajstić information content (AvgIpc) is 2.39. The number of benzene rings is 2. The van der Waals surface area contributed by atoms with Crippen LogP contribution in [0.2, 0.25) is 5.02 Å². The van der Waals surface area contributed by atoms with Crippen LogP contribution in [0.3, 0.4) is 0 Å². The fourth-order valence-corrected chi connectivity index (χ4v) is 2.21. The van der Waals surface area contributed by atoms with Crippen molar-refractivity contribution in [1.82, 2.24) is 5.32 Å². The molecule has 0 atom stereocenters. The molecular weight excluding hydrogens is 258 g/mol. The molecular formula is C16H18ClNO. The zero-order valence-electron chi connectivity index (χ0n) is 11.0. The normalized spacial score (nSPS) is 10.6. The van der Waals surface area contributed by atoms with E-state index in [9.17, 15) is 5.11 Å². The molecule has 0 aliphatic carbocycles. The van der Waals surface area contributed by atoms with Gasteiger partial charge in [0.1, 0.15) is 5.75 Å². The first-order valence-corrected chi connectivity index (χ1v) is 6.76. The maximum Gasteiger partial charge on any atom is 0.120 e. The van der Waals surface area contributed by atoms with Gasteiger partial charge in [0.2, 0.25) is 0 Å². The van der Waals surface area contributed by atoms with Gasteiger partial charge in [-0.15, -0.1) is 0 Å². The van der Waals surface area contributed by atoms with Gasteiger partial charge in [0.25, 0.3) is 0 Å². The highest BCUT2D eigenvalue weighted by atomic mass is 35.5. The minimum atomic E-state index is 0.285. The van der Waals surface area contributed by atoms with Crippen LogP contribution in [0.25, 0.3) is 0 Å². The maximum absolute atomic E-state index is 9.69. The van der Waals surface area contributed by atoms with E-state index in [4.69, 9.17) is 11.6 Å². The molecule has 0 unspecified atom stereocenters. The highest BCUT2D eigenvalue weighted by molar-refractivity contribution is 6.30. The number of hydrogen-bond donors (Lipinski definition) is 2. The minimum Gasteiger partial charge on any atom is -0.508 e. The lowest BCUT2D eigenvalue weighted by molar-refractivity contribution is 0.464. The third kappa shape index (κ3) is 4.27. The standard InChI is InChI=1S/C16H18ClNO/c1-12-3-2-4-13(9-12)7-8-18-11-14-10-15(17)5-6-16(14)19/h2-6,9-10,18-19H,7-8,11H2,1H3. The molecule has 0 aliphatic heterocycles. The molecule has 0 aliphatic rings. The van der Waals surface area contributed by atoms with Gasteiger partial charge < -0.3 is 10.4 Å². The van der Waals surface area contributed by atoms with Gasteiger partial charge in [-0.2, -0.15) is 0 Å². The summed E-state index contributed by atoms with van der Waals surface area (Å²) in [4.78, 5) is 0. The van der Waals surface area contributed by atoms with Crippen molar-refractivity contribution in [3.63, 3.8) is 0 Å². The number of nitrogens with one attached hydrogen (secondary N) is 1. The number of aryl methyl sites for hydroxylation is 1. The van der Waals surface area contributed by atoms with Crippen molar-refractivity contribution in [2.75, 3.05) is 6.54 Å². The van der Waals surface area contributed by atoms with Crippen molar-refractivity contribution >= 4 is 11.6 Å². The van der Waals surface area contributed by atoms with Gasteiger partial charge in [-0.1, -0.05) is 41.4 Å². The Labute approximate surface area is 119 Å². The summed E-state index contributed by atoms with van der Waals surface area (Å²) in [7, 11) is 0. The Kier molecular flexibility index (Phi) is 4.83. The maximum atomic E-state index is 9.69. The van der Waals surface area contributed by atoms with Crippen LogP contribution in [0.5, 0.6) is 5.75 Å². The summed E-state index contributed by atoms with van der Waals surface area (Å²) in [5, 5.41) is 13.7. The molecule has 0 saturated heterocycles. The molecule has 0 saturated carbocycles. The Hall–Kier alpha value is -1.51. The molecule has 0 amide bonds. The third-order valence-electron chi connectivity index (χ3n) is 3.03. The first-order valence-electron chi connectivity index (χ1n) is 6.39. The Morgan fingerprint density at radius 3 is 2.79 bits per heavy atom. The summed E-state index contributed by atoms with van der Waals surface area (Å²) in [6, 6.07) is 13.6. The first kappa shape index (κ1) is 13.9. The highest BCUT2D eigenvalue weighted by Gasteiger charge is 2.01. The van der Waals surface area contributed by atoms with Crippen molar-refractivity contribution in [3.05, 3.63) is 64.2 Å². The number of halogens is 1. The van der Waals surface area contributed by atoms with E-state index in [0.717, 1.165) is 18.5 Å². The second kappa shape index (κ2) is 6.60. The van der Waals surface area contributed by atoms with Gasteiger partial charge in [0.15, 0.2) is 0 Å². The van der Waals surface area contributed by atoms with E-state index in [2.05, 4.69) is 36.5 Å². The fraction of sp³-hybridized carbons (Fsp3) is 0.250. The molecule has 0 bridgehead atoms. The quantitative estimate of drug-likeness (QED) is 0.816. The molecule has 2 aromatic carbocycles. The summed E-state index contributed by atoms with van der Waals surface area (Å²) >= 11 is 5.90. The second-order valence-electron chi connectivity index (χ2n) is 4.69. The van der Waals surface area contributed by atoms with Crippen molar-refractivity contribution in [3.8, 4) is 5.75 Å². The number of aromatic hydroxyl groups is 1. The number of phenolic OH excluding ortho intramolecular Hbond substituents is 1. The van der Waals surface area contributed by atoms with Gasteiger partial charge in [-0.05, 0) is 43.7 Å². The van der Waals surface area contributed by atoms with Crippen LogP contribution in [-0.4, -0.2) is 11.7 Å². The topological polar surface area (TPSA) is 32.3 Å². The molecule has 2 aromatic rings. The van der Waals surface area contributed by atoms with Gasteiger partial charge >= 0.3 is 0 Å². The number of rotatable bonds is 5. The first-order chi connectivity index (χ1) is 9.15. The van der Waals surface area contributed by atoms with Crippen LogP contribution in [0.15, 0.2) is 42.5 Å². The van der Waals surface area contributed by atoms with Crippen LogP contribution < -0.4 is 5.32 Å². The van der Waals surface area contributed by atoms with Gasteiger partial charge in [0.05, 0.1) is 0 Å². The summed E-state index contributed by atoms with van der Waals surface area (Å²) in [6.07, 6.45) is 0.975. The molecule has 0 heterocycles. The zero-order valence-corrected chi connectivity index (χ0v) is 11.7. The molecule has 2 nitrogen and oxygen atoms in total. The zero-order chi connectivity index (χ0) is 13.7. The number of hydrogen-bond acceptors (Lipinski definition) is 2. The van der Waals surface area contributed by atoms with Crippen molar-refractivity contribution in [2.45, 2.75) is 19.9 Å². The van der Waals surface area contributed by atoms with Crippen LogP contribution in [-0.2, 0) is 13.0 Å². The summed E-state index contributed by atoms with van der Waals surface area (Å²) in [5.41, 5.74) is 3.43. The molecule has 19 heavy (non-hydrogen) atoms. The largest absolute Gasteiger partial charge is 0.508 e. The predicted molar refractivity (Wildman–Crippen MR) is 79.7 cm³/mol. The Morgan fingerprint density at radius 1 is 1.16 bits per heavy atom. The lowest BCUT2D eigenvalue weighted by Crippen LogP contribution is -2.16. The molecule has 3 heteroatoms. The minimum absolute atomic E-state index is 0.285. The van der Waals surface area contributed by atoms with Gasteiger partial charge in [0, 0.05) is 17.1 Å². The van der Waals surface area contributed by atoms with Gasteiger partial charge in [-0.3, -0.25) is 0 Å². The monoisotopic (exact) mass is 275 g/mol. The smallest absolute Gasteiger partial charge is 0.120 e. The molecule has 0 spiro atoms. The summed E-state index contributed by atoms with van der Waals surface area (Å²) < 4.78 is 0. The van der Waals surface area contributed by atoms with E-state index < -0.39 is 0 Å². The number of phenols is 1. The van der Waals surface area contributed by atoms with Crippen molar-refractivity contribution in [2.24, 2.45) is 0 Å². The van der Waals surface area contributed by atoms with E-state index in [1.807, 2.05) is 0 Å². The van der Waals surface area contributed by atoms with Crippen molar-refractivity contribution in [1.29, 1.82) is 0 Å². The predicted octanol–water partition coefficient (Wildman–Crippen LogP) is 3.69. The average molecular weight is 276 g/mol. The van der Waals surface area contributed by atoms with Crippen LogP contribution >= 0.6 is 11.6 Å². The molecule has 0 radical (unpaired) electrons. The summed E-state index contributed by atoms with van der Waals surface area (Å²) in [6.45, 7) is 3.59.